The molecule has 2 nitrogen and oxygen atoms in total. The monoisotopic (exact) mass is 263 g/mol. The number of H-pyrrole nitrogens is 1. The van der Waals surface area contributed by atoms with Crippen LogP contribution < -0.4 is 0 Å². The zero-order chi connectivity index (χ0) is 18.3. The number of hydrogen-bond donors (Lipinski definition) is 1. The van der Waals surface area contributed by atoms with Gasteiger partial charge in [0.2, 0.25) is 0 Å². The van der Waals surface area contributed by atoms with Crippen LogP contribution in [0.4, 0.5) is 0 Å². The molecule has 20 heavy (non-hydrogen) atoms. The summed E-state index contributed by atoms with van der Waals surface area (Å²) in [6.07, 6.45) is 0. The first kappa shape index (κ1) is 6.14. The Balaban J connectivity index is 2.16. The van der Waals surface area contributed by atoms with Gasteiger partial charge in [0, 0.05) is 21.7 Å². The number of aromatic nitrogens is 1. The molecule has 0 aliphatic carbocycles. The zero-order valence-corrected chi connectivity index (χ0v) is 10.2. The average molecular weight is 263 g/mol. The summed E-state index contributed by atoms with van der Waals surface area (Å²) in [6.45, 7) is 0. The normalized spacial score (nSPS) is 16.2. The topological polar surface area (TPSA) is 28.9 Å². The van der Waals surface area contributed by atoms with Crippen LogP contribution in [-0.2, 0) is 0 Å². The van der Waals surface area contributed by atoms with Gasteiger partial charge in [-0.3, -0.25) is 0 Å². The summed E-state index contributed by atoms with van der Waals surface area (Å²) < 4.78 is 54.4. The van der Waals surface area contributed by atoms with Crippen LogP contribution in [0.3, 0.4) is 0 Å². The van der Waals surface area contributed by atoms with Crippen molar-refractivity contribution in [3.8, 4) is 0 Å². The maximum Gasteiger partial charge on any atom is 0.137 e. The van der Waals surface area contributed by atoms with Crippen molar-refractivity contribution in [2.24, 2.45) is 0 Å². The Bertz CT molecular complexity index is 1400. The summed E-state index contributed by atoms with van der Waals surface area (Å²) >= 11 is 0. The molecule has 2 heterocycles. The molecular weight excluding hydrogens is 246 g/mol. The van der Waals surface area contributed by atoms with Crippen LogP contribution in [0.15, 0.2) is 64.9 Å². The van der Waals surface area contributed by atoms with E-state index in [9.17, 15) is 0 Å². The minimum atomic E-state index is -0.113. The van der Waals surface area contributed by atoms with E-state index < -0.39 is 0 Å². The highest BCUT2D eigenvalue weighted by Crippen LogP contribution is 2.36. The molecule has 0 saturated carbocycles. The van der Waals surface area contributed by atoms with Crippen molar-refractivity contribution in [2.75, 3.05) is 0 Å². The van der Waals surface area contributed by atoms with Crippen LogP contribution in [0.25, 0.3) is 43.7 Å². The third kappa shape index (κ3) is 1.14. The van der Waals surface area contributed by atoms with E-state index in [1.165, 1.54) is 12.1 Å². The Hall–Kier alpha value is -2.74. The Morgan fingerprint density at radius 1 is 0.850 bits per heavy atom. The van der Waals surface area contributed by atoms with Gasteiger partial charge in [0.05, 0.1) is 19.1 Å². The van der Waals surface area contributed by atoms with Gasteiger partial charge in [-0.1, -0.05) is 36.4 Å². The van der Waals surface area contributed by atoms with Crippen molar-refractivity contribution in [3.63, 3.8) is 0 Å². The van der Waals surface area contributed by atoms with Crippen LogP contribution in [0.1, 0.15) is 8.22 Å². The lowest BCUT2D eigenvalue weighted by Gasteiger charge is -1.93. The summed E-state index contributed by atoms with van der Waals surface area (Å²) in [4.78, 5) is 3.15. The molecule has 0 amide bonds. The Labute approximate surface area is 123 Å². The van der Waals surface area contributed by atoms with E-state index in [4.69, 9.17) is 12.6 Å². The molecule has 5 aromatic rings. The maximum atomic E-state index is 8.41. The third-order valence-corrected chi connectivity index (χ3v) is 3.58. The lowest BCUT2D eigenvalue weighted by atomic mass is 10.1. The largest absolute Gasteiger partial charge is 0.456 e. The number of hydrogen-bond acceptors (Lipinski definition) is 1. The summed E-state index contributed by atoms with van der Waals surface area (Å²) in [6, 6.07) is 6.27. The Kier molecular flexibility index (Phi) is 1.05. The standard InChI is InChI=1S/C18H11NO/c1-3-7-14-11(5-1)12-9-10-16-17(18(12)19-14)13-6-2-4-8-15(13)20-16/h1-10,19H/i1D,2D,7D,8D,9D,10D. The highest BCUT2D eigenvalue weighted by Gasteiger charge is 2.12. The second-order valence-electron chi connectivity index (χ2n) is 4.66. The molecular formula is C18H11NO. The quantitative estimate of drug-likeness (QED) is 0.407. The minimum absolute atomic E-state index is 0.0496. The van der Waals surface area contributed by atoms with Crippen molar-refractivity contribution >= 4 is 43.7 Å². The van der Waals surface area contributed by atoms with Crippen LogP contribution in [0.2, 0.25) is 0 Å². The molecule has 0 spiro atoms. The molecule has 0 bridgehead atoms. The smallest absolute Gasteiger partial charge is 0.137 e. The number of fused-ring (bicyclic) bond motifs is 7. The first-order valence-corrected chi connectivity index (χ1v) is 6.22. The van der Waals surface area contributed by atoms with E-state index >= 15 is 0 Å². The second kappa shape index (κ2) is 3.42. The van der Waals surface area contributed by atoms with Crippen molar-refractivity contribution in [1.29, 1.82) is 0 Å². The van der Waals surface area contributed by atoms with E-state index in [0.717, 1.165) is 0 Å². The fraction of sp³-hybridized carbons (Fsp3) is 0. The van der Waals surface area contributed by atoms with Gasteiger partial charge in [0.25, 0.3) is 0 Å². The first-order chi connectivity index (χ1) is 12.4. The van der Waals surface area contributed by atoms with Gasteiger partial charge in [-0.2, -0.15) is 0 Å². The lowest BCUT2D eigenvalue weighted by molar-refractivity contribution is 0.669. The minimum Gasteiger partial charge on any atom is -0.456 e. The van der Waals surface area contributed by atoms with Crippen LogP contribution in [-0.4, -0.2) is 4.98 Å². The van der Waals surface area contributed by atoms with Crippen molar-refractivity contribution < 1.29 is 12.6 Å². The van der Waals surface area contributed by atoms with Crippen LogP contribution >= 0.6 is 0 Å². The molecule has 2 aromatic heterocycles. The fourth-order valence-electron chi connectivity index (χ4n) is 2.71. The molecule has 0 saturated heterocycles. The van der Waals surface area contributed by atoms with Gasteiger partial charge in [-0.25, -0.2) is 0 Å². The SMILES string of the molecule is [2H]c1cc([2H])c2[nH]c3c(c([2H])c([2H])c4oc5c([2H])cc([2H])cc5c43)c2c1. The van der Waals surface area contributed by atoms with Crippen molar-refractivity contribution in [2.45, 2.75) is 0 Å². The molecule has 0 fully saturated rings. The molecule has 0 aliphatic heterocycles. The van der Waals surface area contributed by atoms with Crippen LogP contribution in [0, 0.1) is 0 Å². The van der Waals surface area contributed by atoms with Crippen molar-refractivity contribution in [3.05, 3.63) is 60.5 Å². The number of nitrogens with one attached hydrogen (secondary N) is 1. The molecule has 94 valence electrons. The van der Waals surface area contributed by atoms with Gasteiger partial charge in [-0.15, -0.1) is 0 Å². The van der Waals surface area contributed by atoms with E-state index in [1.807, 2.05) is 0 Å². The predicted octanol–water partition coefficient (Wildman–Crippen LogP) is 5.22. The lowest BCUT2D eigenvalue weighted by Crippen LogP contribution is -1.71. The zero-order valence-electron chi connectivity index (χ0n) is 16.2. The van der Waals surface area contributed by atoms with E-state index in [0.29, 0.717) is 32.6 Å². The molecule has 5 rings (SSSR count). The van der Waals surface area contributed by atoms with E-state index in [1.54, 1.807) is 12.1 Å². The molecule has 3 aromatic carbocycles. The Morgan fingerprint density at radius 3 is 2.65 bits per heavy atom. The van der Waals surface area contributed by atoms with E-state index in [-0.39, 0.29) is 47.4 Å². The molecule has 0 atom stereocenters. The molecule has 0 radical (unpaired) electrons. The van der Waals surface area contributed by atoms with Gasteiger partial charge in [0.1, 0.15) is 11.2 Å². The van der Waals surface area contributed by atoms with Gasteiger partial charge in [0.15, 0.2) is 0 Å². The maximum absolute atomic E-state index is 8.41. The molecule has 2 heteroatoms. The first-order valence-electron chi connectivity index (χ1n) is 9.22. The highest BCUT2D eigenvalue weighted by molar-refractivity contribution is 6.23. The molecule has 0 aliphatic rings. The number of aromatic amines is 1. The summed E-state index contributed by atoms with van der Waals surface area (Å²) in [7, 11) is 0. The van der Waals surface area contributed by atoms with Gasteiger partial charge in [-0.05, 0) is 24.2 Å². The van der Waals surface area contributed by atoms with Crippen molar-refractivity contribution in [1.82, 2.24) is 4.98 Å². The second-order valence-corrected chi connectivity index (χ2v) is 4.66. The predicted molar refractivity (Wildman–Crippen MR) is 83.1 cm³/mol. The highest BCUT2D eigenvalue weighted by atomic mass is 16.3. The van der Waals surface area contributed by atoms with Crippen LogP contribution in [0.5, 0.6) is 0 Å². The Morgan fingerprint density at radius 2 is 1.70 bits per heavy atom. The summed E-state index contributed by atoms with van der Waals surface area (Å²) in [5, 5.41) is 2.05. The number of para-hydroxylation sites is 2. The fourth-order valence-corrected chi connectivity index (χ4v) is 2.71. The number of rotatable bonds is 0. The summed E-state index contributed by atoms with van der Waals surface area (Å²) in [5.74, 6) is 0. The molecule has 1 N–H and O–H groups in total. The van der Waals surface area contributed by atoms with Gasteiger partial charge < -0.3 is 9.40 Å². The average Bonchev–Trinajstić information content (AvgIpc) is 3.11. The number of benzene rings is 3. The third-order valence-electron chi connectivity index (χ3n) is 3.58. The van der Waals surface area contributed by atoms with Gasteiger partial charge >= 0.3 is 0 Å². The van der Waals surface area contributed by atoms with E-state index in [2.05, 4.69) is 4.98 Å². The molecule has 0 unspecified atom stereocenters. The summed E-state index contributed by atoms with van der Waals surface area (Å²) in [5.41, 5.74) is 1.46. The number of furan rings is 1.